The van der Waals surface area contributed by atoms with Crippen LogP contribution in [0.3, 0.4) is 0 Å². The predicted octanol–water partition coefficient (Wildman–Crippen LogP) is 3.51. The van der Waals surface area contributed by atoms with Gasteiger partial charge in [0.15, 0.2) is 11.7 Å². The molecule has 7 heteroatoms. The zero-order valence-electron chi connectivity index (χ0n) is 14.4. The number of amides is 1. The van der Waals surface area contributed by atoms with Gasteiger partial charge in [0.25, 0.3) is 11.1 Å². The first kappa shape index (κ1) is 18.0. The van der Waals surface area contributed by atoms with Gasteiger partial charge in [0.05, 0.1) is 0 Å². The fourth-order valence-electron chi connectivity index (χ4n) is 2.37. The lowest BCUT2D eigenvalue weighted by atomic mass is 10.2. The van der Waals surface area contributed by atoms with E-state index in [0.29, 0.717) is 10.8 Å². The van der Waals surface area contributed by atoms with Crippen LogP contribution in [0.4, 0.5) is 5.69 Å². The van der Waals surface area contributed by atoms with Gasteiger partial charge in [-0.1, -0.05) is 42.1 Å². The number of fused-ring (bicyclic) bond motifs is 1. The molecule has 0 spiro atoms. The fourth-order valence-corrected chi connectivity index (χ4v) is 2.99. The van der Waals surface area contributed by atoms with Gasteiger partial charge in [-0.15, -0.1) is 0 Å². The maximum absolute atomic E-state index is 12.4. The van der Waals surface area contributed by atoms with Gasteiger partial charge >= 0.3 is 5.97 Å². The Morgan fingerprint density at radius 3 is 2.58 bits per heavy atom. The van der Waals surface area contributed by atoms with Crippen molar-refractivity contribution in [3.63, 3.8) is 0 Å². The number of hydrogen-bond donors (Lipinski definition) is 0. The lowest BCUT2D eigenvalue weighted by Gasteiger charge is -2.21. The summed E-state index contributed by atoms with van der Waals surface area (Å²) in [5, 5.41) is 0.392. The molecule has 0 aliphatic carbocycles. The minimum absolute atomic E-state index is 0.0134. The van der Waals surface area contributed by atoms with Crippen LogP contribution in [0.5, 0.6) is 0 Å². The normalized spacial score (nSPS) is 11.9. The monoisotopic (exact) mass is 370 g/mol. The number of para-hydroxylation sites is 3. The molecule has 2 aromatic carbocycles. The van der Waals surface area contributed by atoms with Crippen molar-refractivity contribution in [2.45, 2.75) is 18.3 Å². The van der Waals surface area contributed by atoms with E-state index < -0.39 is 12.1 Å². The summed E-state index contributed by atoms with van der Waals surface area (Å²) in [6.07, 6.45) is -0.878. The van der Waals surface area contributed by atoms with E-state index >= 15 is 0 Å². The fraction of sp³-hybridized carbons (Fsp3) is 0.211. The van der Waals surface area contributed by atoms with E-state index in [1.165, 1.54) is 4.90 Å². The van der Waals surface area contributed by atoms with Crippen molar-refractivity contribution in [1.29, 1.82) is 0 Å². The highest BCUT2D eigenvalue weighted by molar-refractivity contribution is 7.99. The number of benzene rings is 2. The van der Waals surface area contributed by atoms with Crippen LogP contribution in [-0.2, 0) is 14.3 Å². The molecule has 0 fully saturated rings. The van der Waals surface area contributed by atoms with Crippen LogP contribution in [0.15, 0.2) is 64.2 Å². The van der Waals surface area contributed by atoms with Crippen LogP contribution < -0.4 is 4.90 Å². The summed E-state index contributed by atoms with van der Waals surface area (Å²) in [5.74, 6) is -0.782. The Kier molecular flexibility index (Phi) is 5.58. The first-order valence-electron chi connectivity index (χ1n) is 8.05. The second-order valence-electron chi connectivity index (χ2n) is 5.60. The van der Waals surface area contributed by atoms with Crippen molar-refractivity contribution in [3.8, 4) is 0 Å². The molecule has 3 rings (SSSR count). The van der Waals surface area contributed by atoms with Crippen LogP contribution in [0, 0.1) is 0 Å². The van der Waals surface area contributed by atoms with Gasteiger partial charge in [-0.2, -0.15) is 0 Å². The summed E-state index contributed by atoms with van der Waals surface area (Å²) >= 11 is 1.14. The van der Waals surface area contributed by atoms with E-state index in [4.69, 9.17) is 9.15 Å². The first-order chi connectivity index (χ1) is 12.5. The van der Waals surface area contributed by atoms with Crippen molar-refractivity contribution in [2.75, 3.05) is 17.7 Å². The number of carbonyl (C=O) groups is 2. The van der Waals surface area contributed by atoms with Gasteiger partial charge in [-0.3, -0.25) is 9.59 Å². The maximum Gasteiger partial charge on any atom is 0.317 e. The summed E-state index contributed by atoms with van der Waals surface area (Å²) in [6.45, 7) is 1.56. The molecule has 26 heavy (non-hydrogen) atoms. The lowest BCUT2D eigenvalue weighted by Crippen LogP contribution is -2.37. The first-order valence-corrected chi connectivity index (χ1v) is 9.03. The molecule has 0 bridgehead atoms. The van der Waals surface area contributed by atoms with Crippen LogP contribution in [0.1, 0.15) is 6.92 Å². The molecule has 134 valence electrons. The molecule has 1 unspecified atom stereocenters. The minimum atomic E-state index is -0.878. The number of anilines is 1. The Bertz CT molecular complexity index is 877. The SMILES string of the molecule is CC(OC(=O)CSc1nc2ccccc2o1)C(=O)N(C)c1ccccc1. The summed E-state index contributed by atoms with van der Waals surface area (Å²) in [7, 11) is 1.65. The number of aromatic nitrogens is 1. The molecule has 0 saturated heterocycles. The number of nitrogens with zero attached hydrogens (tertiary/aromatic N) is 2. The Hall–Kier alpha value is -2.80. The highest BCUT2D eigenvalue weighted by Crippen LogP contribution is 2.23. The molecule has 0 aliphatic heterocycles. The molecule has 0 saturated carbocycles. The molecule has 0 aliphatic rings. The topological polar surface area (TPSA) is 72.6 Å². The standard InChI is InChI=1S/C19H18N2O4S/c1-13(18(23)21(2)14-8-4-3-5-9-14)24-17(22)12-26-19-20-15-10-6-7-11-16(15)25-19/h3-11,13H,12H2,1-2H3. The Morgan fingerprint density at radius 2 is 1.85 bits per heavy atom. The molecule has 6 nitrogen and oxygen atoms in total. The van der Waals surface area contributed by atoms with Crippen LogP contribution >= 0.6 is 11.8 Å². The second-order valence-corrected chi connectivity index (χ2v) is 6.53. The number of oxazole rings is 1. The van der Waals surface area contributed by atoms with Gasteiger partial charge < -0.3 is 14.1 Å². The predicted molar refractivity (Wildman–Crippen MR) is 100 cm³/mol. The molecule has 0 radical (unpaired) electrons. The Labute approximate surface area is 155 Å². The van der Waals surface area contributed by atoms with Crippen LogP contribution in [-0.4, -0.2) is 35.8 Å². The van der Waals surface area contributed by atoms with E-state index in [1.54, 1.807) is 14.0 Å². The third-order valence-corrected chi connectivity index (χ3v) is 4.52. The highest BCUT2D eigenvalue weighted by Gasteiger charge is 2.22. The summed E-state index contributed by atoms with van der Waals surface area (Å²) < 4.78 is 10.8. The molecular formula is C19H18N2O4S. The number of hydrogen-bond acceptors (Lipinski definition) is 6. The third kappa shape index (κ3) is 4.23. The van der Waals surface area contributed by atoms with E-state index in [1.807, 2.05) is 54.6 Å². The van der Waals surface area contributed by atoms with Gasteiger partial charge in [-0.05, 0) is 31.2 Å². The Morgan fingerprint density at radius 1 is 1.15 bits per heavy atom. The van der Waals surface area contributed by atoms with Crippen molar-refractivity contribution in [3.05, 3.63) is 54.6 Å². The molecule has 1 atom stereocenters. The van der Waals surface area contributed by atoms with Crippen molar-refractivity contribution in [2.24, 2.45) is 0 Å². The largest absolute Gasteiger partial charge is 0.452 e. The second kappa shape index (κ2) is 8.05. The Balaban J connectivity index is 1.53. The van der Waals surface area contributed by atoms with E-state index in [2.05, 4.69) is 4.98 Å². The van der Waals surface area contributed by atoms with Gasteiger partial charge in [0, 0.05) is 12.7 Å². The number of carbonyl (C=O) groups excluding carboxylic acids is 2. The van der Waals surface area contributed by atoms with Gasteiger partial charge in [-0.25, -0.2) is 4.98 Å². The maximum atomic E-state index is 12.4. The zero-order valence-corrected chi connectivity index (χ0v) is 15.2. The summed E-state index contributed by atoms with van der Waals surface area (Å²) in [6, 6.07) is 16.5. The van der Waals surface area contributed by atoms with E-state index in [0.717, 1.165) is 23.0 Å². The smallest absolute Gasteiger partial charge is 0.317 e. The molecule has 0 N–H and O–H groups in total. The van der Waals surface area contributed by atoms with Crippen molar-refractivity contribution < 1.29 is 18.7 Å². The van der Waals surface area contributed by atoms with Gasteiger partial charge in [0.1, 0.15) is 11.3 Å². The molecule has 1 amide bonds. The van der Waals surface area contributed by atoms with Crippen LogP contribution in [0.25, 0.3) is 11.1 Å². The highest BCUT2D eigenvalue weighted by atomic mass is 32.2. The number of likely N-dealkylation sites (N-methyl/N-ethyl adjacent to an activating group) is 1. The van der Waals surface area contributed by atoms with Gasteiger partial charge in [0.2, 0.25) is 0 Å². The molecule has 1 aromatic heterocycles. The summed E-state index contributed by atoms with van der Waals surface area (Å²) in [4.78, 5) is 30.1. The van der Waals surface area contributed by atoms with Crippen LogP contribution in [0.2, 0.25) is 0 Å². The zero-order chi connectivity index (χ0) is 18.5. The quantitative estimate of drug-likeness (QED) is 0.488. The molecule has 1 heterocycles. The van der Waals surface area contributed by atoms with Crippen molar-refractivity contribution >= 4 is 40.4 Å². The number of thioether (sulfide) groups is 1. The lowest BCUT2D eigenvalue weighted by molar-refractivity contribution is -0.151. The average molecular weight is 370 g/mol. The number of rotatable bonds is 6. The number of ether oxygens (including phenoxy) is 1. The van der Waals surface area contributed by atoms with Crippen molar-refractivity contribution in [1.82, 2.24) is 4.98 Å². The third-order valence-electron chi connectivity index (χ3n) is 3.72. The molecule has 3 aromatic rings. The average Bonchev–Trinajstić information content (AvgIpc) is 3.09. The molecular weight excluding hydrogens is 352 g/mol. The number of esters is 1. The van der Waals surface area contributed by atoms with E-state index in [-0.39, 0.29) is 11.7 Å². The minimum Gasteiger partial charge on any atom is -0.452 e. The van der Waals surface area contributed by atoms with E-state index in [9.17, 15) is 9.59 Å². The summed E-state index contributed by atoms with van der Waals surface area (Å²) in [5.41, 5.74) is 2.13.